The minimum absolute atomic E-state index is 0. The maximum Gasteiger partial charge on any atom is 0 e. The molecule has 1 radical (unpaired) electrons. The van der Waals surface area contributed by atoms with Gasteiger partial charge in [0, 0.05) is 51.9 Å². The number of hydrogen-bond donors (Lipinski definition) is 0. The van der Waals surface area contributed by atoms with Gasteiger partial charge in [-0.3, -0.25) is 0 Å². The summed E-state index contributed by atoms with van der Waals surface area (Å²) in [5, 5.41) is 0. The van der Waals surface area contributed by atoms with Gasteiger partial charge in [-0.2, -0.15) is 0 Å². The van der Waals surface area contributed by atoms with Crippen LogP contribution >= 0.6 is 40.0 Å². The fourth-order valence-electron chi connectivity index (χ4n) is 1.13. The Kier molecular flexibility index (Phi) is 29.9. The molecule has 0 bridgehead atoms. The van der Waals surface area contributed by atoms with E-state index in [4.69, 9.17) is 0 Å². The molecule has 0 fully saturated rings. The Morgan fingerprint density at radius 2 is 1.63 bits per heavy atom. The molecule has 0 atom stereocenters. The smallest absolute Gasteiger partial charge is 0 e. The summed E-state index contributed by atoms with van der Waals surface area (Å²) >= 11 is 4.74. The minimum atomic E-state index is -2.92. The number of esters is 1. The van der Waals surface area contributed by atoms with Crippen molar-refractivity contribution in [1.82, 2.24) is 4.31 Å². The van der Waals surface area contributed by atoms with Gasteiger partial charge in [0.05, 0.1) is 13.4 Å². The van der Waals surface area contributed by atoms with Crippen molar-refractivity contribution in [2.75, 3.05) is 27.0 Å². The average Bonchev–Trinajstić information content (AvgIpc) is 2.62. The van der Waals surface area contributed by atoms with Gasteiger partial charge in [0.15, 0.2) is 0 Å². The van der Waals surface area contributed by atoms with Crippen LogP contribution < -0.4 is 0 Å². The van der Waals surface area contributed by atoms with E-state index in [1.54, 1.807) is 20.0 Å². The van der Waals surface area contributed by atoms with Gasteiger partial charge >= 0.3 is 55.4 Å². The topological polar surface area (TPSA) is 97.8 Å². The zero-order chi connectivity index (χ0) is 21.3. The molecule has 0 saturated carbocycles. The van der Waals surface area contributed by atoms with Crippen LogP contribution in [0.2, 0.25) is 0 Å². The number of nitrogens with zero attached hydrogens (tertiary/aromatic N) is 1. The summed E-state index contributed by atoms with van der Waals surface area (Å²) in [7, 11) is -1.95. The largest absolute Gasteiger partial charge is 0 e. The van der Waals surface area contributed by atoms with Gasteiger partial charge in [0.1, 0.15) is 0 Å². The van der Waals surface area contributed by atoms with Gasteiger partial charge in [0.25, 0.3) is 0 Å². The van der Waals surface area contributed by atoms with E-state index in [-0.39, 0.29) is 43.2 Å². The molecule has 0 N–H and O–H groups in total. The quantitative estimate of drug-likeness (QED) is 0.263. The summed E-state index contributed by atoms with van der Waals surface area (Å²) in [6, 6.07) is 5.85. The number of benzene rings is 1. The third kappa shape index (κ3) is 19.4. The first-order chi connectivity index (χ1) is 12.1. The predicted octanol–water partition coefficient (Wildman–Crippen LogP) is 3.83. The first-order valence-corrected chi connectivity index (χ1v) is 19.1. The molecule has 1 aromatic carbocycles. The van der Waals surface area contributed by atoms with Crippen LogP contribution in [-0.2, 0) is 76.1 Å². The van der Waals surface area contributed by atoms with E-state index in [1.807, 2.05) is 13.8 Å². The van der Waals surface area contributed by atoms with E-state index in [0.29, 0.717) is 16.0 Å². The van der Waals surface area contributed by atoms with Crippen LogP contribution in [0.25, 0.3) is 0 Å². The molecule has 0 aliphatic carbocycles. The van der Waals surface area contributed by atoms with E-state index in [9.17, 15) is 21.6 Å². The van der Waals surface area contributed by atoms with Crippen molar-refractivity contribution in [3.05, 3.63) is 29.8 Å². The van der Waals surface area contributed by atoms with Crippen molar-refractivity contribution < 1.29 is 68.5 Å². The number of halogens is 2. The Hall–Kier alpha value is 1.70. The Morgan fingerprint density at radius 1 is 1.22 bits per heavy atom. The zero-order valence-electron chi connectivity index (χ0n) is 16.0. The van der Waals surface area contributed by atoms with Crippen molar-refractivity contribution in [2.24, 2.45) is 0 Å². The summed E-state index contributed by atoms with van der Waals surface area (Å²) in [6.45, 7) is 6.33. The van der Waals surface area contributed by atoms with Crippen LogP contribution in [-0.4, -0.2) is 45.7 Å². The second-order valence-electron chi connectivity index (χ2n) is 3.96. The number of rotatable bonds is 4. The van der Waals surface area contributed by atoms with Crippen molar-refractivity contribution in [2.45, 2.75) is 25.7 Å². The SMILES string of the molecule is CC.CCN(C)S(C)(=O)=O.COC(=O)c1ccccc1[S-](=O)=O.[I][V][I].[Y]. The van der Waals surface area contributed by atoms with E-state index in [0.717, 1.165) is 0 Å². The summed E-state index contributed by atoms with van der Waals surface area (Å²) in [6.07, 6.45) is 1.19. The summed E-state index contributed by atoms with van der Waals surface area (Å²) in [4.78, 5) is 11.0. The van der Waals surface area contributed by atoms with Crippen LogP contribution in [0.15, 0.2) is 29.2 Å². The molecule has 27 heavy (non-hydrogen) atoms. The van der Waals surface area contributed by atoms with Crippen LogP contribution in [0, 0.1) is 0 Å². The molecule has 0 aromatic heterocycles. The molecule has 7 nitrogen and oxygen atoms in total. The number of hydrogen-bond acceptors (Lipinski definition) is 7. The summed E-state index contributed by atoms with van der Waals surface area (Å²) in [5.41, 5.74) is 0.0540. The zero-order valence-corrected chi connectivity index (χ0v) is 26.2. The van der Waals surface area contributed by atoms with Gasteiger partial charge in [-0.15, -0.1) is 0 Å². The third-order valence-corrected chi connectivity index (χ3v) is 4.59. The molecule has 0 amide bonds. The van der Waals surface area contributed by atoms with Gasteiger partial charge in [0.2, 0.25) is 10.0 Å². The molecule has 156 valence electrons. The molecule has 1 rings (SSSR count). The van der Waals surface area contributed by atoms with Gasteiger partial charge < -0.3 is 13.2 Å². The molecule has 0 saturated heterocycles. The van der Waals surface area contributed by atoms with Crippen molar-refractivity contribution in [3.8, 4) is 0 Å². The Bertz CT molecular complexity index is 682. The van der Waals surface area contributed by atoms with Gasteiger partial charge in [-0.05, 0) is 16.8 Å². The normalized spacial score (nSPS) is 9.26. The van der Waals surface area contributed by atoms with Crippen LogP contribution in [0.1, 0.15) is 31.1 Å². The fraction of sp³-hybridized carbons (Fsp3) is 0.500. The first-order valence-electron chi connectivity index (χ1n) is 7.16. The second kappa shape index (κ2) is 22.4. The molecule has 0 unspecified atom stereocenters. The van der Waals surface area contributed by atoms with E-state index >= 15 is 0 Å². The standard InChI is InChI=1S/C8H7O4S.C4H11NO2S.C2H6.2HI.V.Y/c1-12-8(9)6-4-2-3-5-7(6)13(10)11;1-4-5(2)8(3,6)7;1-2;;;;/h2-5H,1H3;4H2,1-3H3;1-2H3;2*1H;;/q-1;;;;;+2;/p-2. The summed E-state index contributed by atoms with van der Waals surface area (Å²) < 4.78 is 47.9. The fourth-order valence-corrected chi connectivity index (χ4v) is 2.11. The number of carbonyl (C=O) groups excluding carboxylic acids is 1. The van der Waals surface area contributed by atoms with E-state index in [2.05, 4.69) is 44.7 Å². The monoisotopic (exact) mass is 760 g/mol. The molecule has 0 aliphatic heterocycles. The molecule has 0 heterocycles. The molecule has 0 spiro atoms. The van der Waals surface area contributed by atoms with Crippen LogP contribution in [0.3, 0.4) is 0 Å². The van der Waals surface area contributed by atoms with E-state index in [1.165, 1.54) is 35.9 Å². The van der Waals surface area contributed by atoms with Crippen molar-refractivity contribution in [1.29, 1.82) is 0 Å². The molecular weight excluding hydrogens is 736 g/mol. The number of methoxy groups -OCH3 is 1. The van der Waals surface area contributed by atoms with Crippen LogP contribution in [0.4, 0.5) is 0 Å². The molecular formula is C14H24I2NO6S2VY-. The van der Waals surface area contributed by atoms with Crippen molar-refractivity contribution in [3.63, 3.8) is 0 Å². The van der Waals surface area contributed by atoms with Crippen molar-refractivity contribution >= 4 is 66.7 Å². The minimum Gasteiger partial charge on any atom is 0 e. The Balaban J connectivity index is -0.000000163. The molecule has 13 heteroatoms. The van der Waals surface area contributed by atoms with E-state index < -0.39 is 26.7 Å². The maximum absolute atomic E-state index is 11.0. The third-order valence-electron chi connectivity index (χ3n) is 2.48. The number of ether oxygens (including phenoxy) is 1. The summed E-state index contributed by atoms with van der Waals surface area (Å²) in [5.74, 6) is -0.653. The van der Waals surface area contributed by atoms with Gasteiger partial charge in [-0.25, -0.2) is 17.5 Å². The predicted molar refractivity (Wildman–Crippen MR) is 117 cm³/mol. The second-order valence-corrected chi connectivity index (χ2v) is 18.8. The Labute approximate surface area is 218 Å². The maximum atomic E-state index is 11.0. The number of sulfonamides is 1. The van der Waals surface area contributed by atoms with Crippen LogP contribution in [0.5, 0.6) is 0 Å². The molecule has 0 aliphatic rings. The van der Waals surface area contributed by atoms with Gasteiger partial charge in [-0.1, -0.05) is 43.9 Å². The number of carbonyl (C=O) groups is 1. The molecule has 1 aromatic rings. The first kappa shape index (κ1) is 36.1. The average molecular weight is 760 g/mol. The Morgan fingerprint density at radius 3 is 1.89 bits per heavy atom.